The molecule has 8 atom stereocenters. The largest absolute Gasteiger partial charge is 0.484 e. The average Bonchev–Trinajstić information content (AvgIpc) is 3.13. The first kappa shape index (κ1) is 27.1. The first-order valence-corrected chi connectivity index (χ1v) is 13.7. The molecule has 2 saturated carbocycles. The van der Waals surface area contributed by atoms with E-state index in [0.29, 0.717) is 17.8 Å². The lowest BCUT2D eigenvalue weighted by atomic mass is 9.55. The molecule has 0 heterocycles. The van der Waals surface area contributed by atoms with Crippen LogP contribution in [-0.2, 0) is 9.53 Å². The van der Waals surface area contributed by atoms with Gasteiger partial charge in [-0.1, -0.05) is 89.8 Å². The third-order valence-corrected chi connectivity index (χ3v) is 11.9. The smallest absolute Gasteiger partial charge is 0.156 e. The van der Waals surface area contributed by atoms with Gasteiger partial charge < -0.3 is 20.1 Å². The highest BCUT2D eigenvalue weighted by Gasteiger charge is 2.88. The van der Waals surface area contributed by atoms with E-state index < -0.39 is 40.7 Å². The second-order valence-corrected chi connectivity index (χ2v) is 13.3. The molecule has 0 aliphatic heterocycles. The Bertz CT molecular complexity index is 1290. The third kappa shape index (κ3) is 2.80. The molecule has 0 aromatic heterocycles. The Morgan fingerprint density at radius 2 is 1.76 bits per heavy atom. The Morgan fingerprint density at radius 1 is 1.13 bits per heavy atom. The van der Waals surface area contributed by atoms with Crippen LogP contribution < -0.4 is 0 Å². The van der Waals surface area contributed by atoms with Gasteiger partial charge in [-0.3, -0.25) is 4.79 Å². The fourth-order valence-electron chi connectivity index (χ4n) is 9.25. The van der Waals surface area contributed by atoms with Crippen LogP contribution in [0.2, 0.25) is 0 Å². The zero-order valence-electron chi connectivity index (χ0n) is 23.7. The van der Waals surface area contributed by atoms with Crippen LogP contribution in [0.4, 0.5) is 0 Å². The van der Waals surface area contributed by atoms with Crippen molar-refractivity contribution in [2.75, 3.05) is 6.61 Å². The second-order valence-electron chi connectivity index (χ2n) is 13.3. The highest BCUT2D eigenvalue weighted by Crippen LogP contribution is 2.88. The summed E-state index contributed by atoms with van der Waals surface area (Å²) in [6.07, 6.45) is 5.42. The minimum Gasteiger partial charge on any atom is -0.484 e. The molecule has 5 rings (SSSR count). The van der Waals surface area contributed by atoms with Crippen molar-refractivity contribution >= 4 is 11.9 Å². The molecule has 0 amide bonds. The maximum Gasteiger partial charge on any atom is 0.156 e. The predicted molar refractivity (Wildman–Crippen MR) is 149 cm³/mol. The van der Waals surface area contributed by atoms with E-state index in [1.54, 1.807) is 12.2 Å². The molecule has 4 aliphatic carbocycles. The van der Waals surface area contributed by atoms with Gasteiger partial charge in [-0.2, -0.15) is 0 Å². The standard InChI is InChI=1S/C33H42O5/c1-20-16-32-21(2)17-30(7)28(4,5)31(30,8)29(6,27(32)36)18-24(19-34)25(35)33(32,37)26(20)38-22(3)14-15-23-12-10-9-11-13-23/h9-16,18,21,25-26,34-35,37H,3,17,19H2,1-2,4-8H3/b15-14+/t21-,25-,26+,29-,30+,31+,32+,33+/m1/s1. The van der Waals surface area contributed by atoms with E-state index in [0.717, 1.165) is 5.56 Å². The van der Waals surface area contributed by atoms with Crippen LogP contribution in [0.5, 0.6) is 0 Å². The van der Waals surface area contributed by atoms with Crippen molar-refractivity contribution in [1.29, 1.82) is 0 Å². The summed E-state index contributed by atoms with van der Waals surface area (Å²) < 4.78 is 6.30. The van der Waals surface area contributed by atoms with Crippen LogP contribution in [0.25, 0.3) is 6.08 Å². The molecule has 4 aliphatic rings. The van der Waals surface area contributed by atoms with Gasteiger partial charge in [-0.15, -0.1) is 0 Å². The highest BCUT2D eigenvalue weighted by atomic mass is 16.5. The average molecular weight is 519 g/mol. The minimum atomic E-state index is -2.02. The van der Waals surface area contributed by atoms with E-state index in [4.69, 9.17) is 4.74 Å². The molecule has 5 heteroatoms. The Labute approximate surface area is 226 Å². The van der Waals surface area contributed by atoms with Crippen molar-refractivity contribution in [3.05, 3.63) is 77.6 Å². The maximum absolute atomic E-state index is 15.0. The Morgan fingerprint density at radius 3 is 2.37 bits per heavy atom. The van der Waals surface area contributed by atoms with Gasteiger partial charge >= 0.3 is 0 Å². The fourth-order valence-corrected chi connectivity index (χ4v) is 9.25. The summed E-state index contributed by atoms with van der Waals surface area (Å²) in [5.41, 5.74) is -3.31. The number of Topliss-reactive ketones (excluding diaryl/α,β-unsaturated/α-hetero) is 1. The molecule has 1 spiro atoms. The molecule has 38 heavy (non-hydrogen) atoms. The van der Waals surface area contributed by atoms with Gasteiger partial charge in [0.15, 0.2) is 17.5 Å². The zero-order chi connectivity index (χ0) is 28.1. The summed E-state index contributed by atoms with van der Waals surface area (Å²) in [6, 6.07) is 9.73. The quantitative estimate of drug-likeness (QED) is 0.282. The number of hydrogen-bond donors (Lipinski definition) is 3. The Kier molecular flexibility index (Phi) is 5.73. The molecule has 204 valence electrons. The van der Waals surface area contributed by atoms with Crippen LogP contribution in [0.3, 0.4) is 0 Å². The number of ether oxygens (including phenoxy) is 1. The van der Waals surface area contributed by atoms with E-state index in [9.17, 15) is 15.3 Å². The molecule has 0 unspecified atom stereocenters. The zero-order valence-corrected chi connectivity index (χ0v) is 23.7. The van der Waals surface area contributed by atoms with Crippen molar-refractivity contribution in [2.24, 2.45) is 33.0 Å². The maximum atomic E-state index is 15.0. The van der Waals surface area contributed by atoms with Gasteiger partial charge in [0.1, 0.15) is 11.9 Å². The summed E-state index contributed by atoms with van der Waals surface area (Å²) in [5.74, 6) is -0.0941. The van der Waals surface area contributed by atoms with Crippen LogP contribution in [0.1, 0.15) is 60.5 Å². The van der Waals surface area contributed by atoms with E-state index in [1.165, 1.54) is 0 Å². The first-order chi connectivity index (χ1) is 17.6. The molecular weight excluding hydrogens is 476 g/mol. The van der Waals surface area contributed by atoms with Gasteiger partial charge in [0.2, 0.25) is 0 Å². The van der Waals surface area contributed by atoms with Crippen molar-refractivity contribution in [1.82, 2.24) is 0 Å². The second kappa shape index (κ2) is 8.03. The first-order valence-electron chi connectivity index (χ1n) is 13.7. The van der Waals surface area contributed by atoms with Crippen LogP contribution in [0, 0.1) is 33.0 Å². The Hall–Kier alpha value is -2.47. The van der Waals surface area contributed by atoms with Crippen LogP contribution in [-0.4, -0.2) is 45.5 Å². The van der Waals surface area contributed by atoms with E-state index in [-0.39, 0.29) is 28.1 Å². The number of fused-ring (bicyclic) bond motifs is 3. The topological polar surface area (TPSA) is 87.0 Å². The molecular formula is C33H42O5. The van der Waals surface area contributed by atoms with Crippen LogP contribution >= 0.6 is 0 Å². The van der Waals surface area contributed by atoms with E-state index >= 15 is 4.79 Å². The van der Waals surface area contributed by atoms with E-state index in [1.807, 2.05) is 63.3 Å². The number of aliphatic hydroxyl groups is 3. The van der Waals surface area contributed by atoms with Gasteiger partial charge in [-0.05, 0) is 65.2 Å². The number of carbonyl (C=O) groups excluding carboxylic acids is 1. The number of rotatable bonds is 5. The molecule has 0 saturated heterocycles. The monoisotopic (exact) mass is 518 g/mol. The van der Waals surface area contributed by atoms with Crippen molar-refractivity contribution in [3.8, 4) is 0 Å². The lowest BCUT2D eigenvalue weighted by Crippen LogP contribution is -2.66. The summed E-state index contributed by atoms with van der Waals surface area (Å²) in [5, 5.41) is 35.1. The van der Waals surface area contributed by atoms with Gasteiger partial charge in [0.25, 0.3) is 0 Å². The molecule has 3 N–H and O–H groups in total. The number of hydrogen-bond acceptors (Lipinski definition) is 5. The van der Waals surface area contributed by atoms with Crippen LogP contribution in [0.15, 0.2) is 72.0 Å². The predicted octanol–water partition coefficient (Wildman–Crippen LogP) is 5.24. The molecule has 5 nitrogen and oxygen atoms in total. The fraction of sp³-hybridized carbons (Fsp3) is 0.545. The van der Waals surface area contributed by atoms with E-state index in [2.05, 4.69) is 34.3 Å². The normalized spacial score (nSPS) is 44.9. The number of allylic oxidation sites excluding steroid dienone is 2. The SMILES string of the molecule is C=C(/C=C/c1ccccc1)O[C@H]1C(C)=C[C@]23C(=O)[C@@](C)(C=C(CO)[C@@H](O)[C@]12O)[C@]1(C)C(C)(C)[C@]1(C)C[C@H]3C. The van der Waals surface area contributed by atoms with Gasteiger partial charge in [-0.25, -0.2) is 0 Å². The lowest BCUT2D eigenvalue weighted by Gasteiger charge is -2.50. The minimum absolute atomic E-state index is 0.116. The molecule has 2 fully saturated rings. The summed E-state index contributed by atoms with van der Waals surface area (Å²) in [7, 11) is 0. The number of ketones is 1. The number of carbonyl (C=O) groups is 1. The van der Waals surface area contributed by atoms with Gasteiger partial charge in [0, 0.05) is 0 Å². The van der Waals surface area contributed by atoms with Gasteiger partial charge in [0.05, 0.1) is 17.4 Å². The Balaban J connectivity index is 1.65. The third-order valence-electron chi connectivity index (χ3n) is 11.9. The summed E-state index contributed by atoms with van der Waals surface area (Å²) in [6.45, 7) is 18.2. The van der Waals surface area contributed by atoms with Crippen molar-refractivity contribution in [2.45, 2.75) is 72.7 Å². The molecule has 1 aromatic rings. The number of benzene rings is 1. The molecule has 2 bridgehead atoms. The lowest BCUT2D eigenvalue weighted by molar-refractivity contribution is -0.195. The summed E-state index contributed by atoms with van der Waals surface area (Å²) >= 11 is 0. The summed E-state index contributed by atoms with van der Waals surface area (Å²) in [4.78, 5) is 15.0. The van der Waals surface area contributed by atoms with Crippen molar-refractivity contribution < 1.29 is 24.9 Å². The molecule has 1 aromatic carbocycles. The molecule has 0 radical (unpaired) electrons. The number of aliphatic hydroxyl groups excluding tert-OH is 2. The highest BCUT2D eigenvalue weighted by molar-refractivity contribution is 5.99. The van der Waals surface area contributed by atoms with Crippen molar-refractivity contribution in [3.63, 3.8) is 0 Å².